The van der Waals surface area contributed by atoms with E-state index in [2.05, 4.69) is 41.0 Å². The fourth-order valence-electron chi connectivity index (χ4n) is 2.83. The van der Waals surface area contributed by atoms with Gasteiger partial charge in [0.25, 0.3) is 5.78 Å². The Kier molecular flexibility index (Phi) is 4.62. The summed E-state index contributed by atoms with van der Waals surface area (Å²) in [5.41, 5.74) is 8.65. The van der Waals surface area contributed by atoms with Gasteiger partial charge in [0.1, 0.15) is 6.33 Å². The van der Waals surface area contributed by atoms with Gasteiger partial charge in [-0.15, -0.1) is 0 Å². The minimum atomic E-state index is -0.221. The molecule has 0 spiro atoms. The molecule has 0 unspecified atom stereocenters. The quantitative estimate of drug-likeness (QED) is 0.474. The van der Waals surface area contributed by atoms with Crippen molar-refractivity contribution in [1.82, 2.24) is 40.1 Å². The Morgan fingerprint density at radius 2 is 2.04 bits per heavy atom. The average molecular weight is 379 g/mol. The molecule has 4 heterocycles. The van der Waals surface area contributed by atoms with E-state index in [1.807, 2.05) is 13.8 Å². The molecule has 0 bridgehead atoms. The van der Waals surface area contributed by atoms with Crippen molar-refractivity contribution in [1.29, 1.82) is 0 Å². The number of hydrogen-bond donors (Lipinski definition) is 2. The van der Waals surface area contributed by atoms with Crippen LogP contribution in [0.5, 0.6) is 0 Å². The number of amides is 1. The Balaban J connectivity index is 1.35. The number of carbonyl (C=O) groups is 1. The van der Waals surface area contributed by atoms with Crippen molar-refractivity contribution < 1.29 is 9.32 Å². The summed E-state index contributed by atoms with van der Waals surface area (Å²) in [5, 5.41) is 8.00. The number of rotatable bonds is 6. The fraction of sp³-hybridized carbons (Fsp3) is 0.235. The van der Waals surface area contributed by atoms with E-state index in [0.717, 1.165) is 22.5 Å². The Labute approximate surface area is 159 Å². The summed E-state index contributed by atoms with van der Waals surface area (Å²) < 4.78 is 6.74. The third-order valence-corrected chi connectivity index (χ3v) is 4.26. The van der Waals surface area contributed by atoms with Crippen LogP contribution in [0, 0.1) is 13.8 Å². The van der Waals surface area contributed by atoms with Gasteiger partial charge >= 0.3 is 6.01 Å². The molecule has 0 fully saturated rings. The Hall–Kier alpha value is -3.89. The zero-order chi connectivity index (χ0) is 19.5. The number of hydrazine groups is 1. The summed E-state index contributed by atoms with van der Waals surface area (Å²) in [6.07, 6.45) is 5.49. The highest BCUT2D eigenvalue weighted by atomic mass is 16.5. The second-order valence-corrected chi connectivity index (χ2v) is 6.07. The molecule has 0 saturated heterocycles. The van der Waals surface area contributed by atoms with E-state index >= 15 is 0 Å². The van der Waals surface area contributed by atoms with Crippen LogP contribution < -0.4 is 10.9 Å². The summed E-state index contributed by atoms with van der Waals surface area (Å²) >= 11 is 0. The lowest BCUT2D eigenvalue weighted by Gasteiger charge is -2.10. The molecule has 11 nitrogen and oxygen atoms in total. The van der Waals surface area contributed by atoms with Crippen molar-refractivity contribution in [2.24, 2.45) is 0 Å². The van der Waals surface area contributed by atoms with Crippen molar-refractivity contribution in [3.8, 4) is 11.4 Å². The Morgan fingerprint density at radius 3 is 2.86 bits per heavy atom. The Bertz CT molecular complexity index is 1120. The number of aromatic nitrogens is 7. The first-order valence-corrected chi connectivity index (χ1v) is 8.56. The number of fused-ring (bicyclic) bond motifs is 1. The number of anilines is 1. The number of hydrogen-bond acceptors (Lipinski definition) is 9. The van der Waals surface area contributed by atoms with E-state index in [9.17, 15) is 4.79 Å². The van der Waals surface area contributed by atoms with Gasteiger partial charge in [0.2, 0.25) is 11.7 Å². The topological polar surface area (TPSA) is 136 Å². The molecule has 0 aliphatic heterocycles. The third-order valence-electron chi connectivity index (χ3n) is 4.26. The largest absolute Gasteiger partial charge is 0.340 e. The number of carbonyl (C=O) groups excluding carboxylic acids is 1. The van der Waals surface area contributed by atoms with Gasteiger partial charge in [-0.1, -0.05) is 5.16 Å². The number of pyridine rings is 1. The summed E-state index contributed by atoms with van der Waals surface area (Å²) in [4.78, 5) is 28.8. The fourth-order valence-corrected chi connectivity index (χ4v) is 2.83. The first-order valence-electron chi connectivity index (χ1n) is 8.56. The lowest BCUT2D eigenvalue weighted by molar-refractivity contribution is -0.120. The predicted molar refractivity (Wildman–Crippen MR) is 97.9 cm³/mol. The normalized spacial score (nSPS) is 10.9. The molecule has 0 aliphatic carbocycles. The molecule has 0 saturated carbocycles. The smallest absolute Gasteiger partial charge is 0.313 e. The number of nitrogens with one attached hydrogen (secondary N) is 2. The van der Waals surface area contributed by atoms with E-state index in [0.29, 0.717) is 18.0 Å². The minimum Gasteiger partial charge on any atom is -0.313 e. The first kappa shape index (κ1) is 17.5. The second-order valence-electron chi connectivity index (χ2n) is 6.07. The van der Waals surface area contributed by atoms with E-state index < -0.39 is 0 Å². The molecular formula is C17H17N9O2. The van der Waals surface area contributed by atoms with Crippen molar-refractivity contribution in [2.45, 2.75) is 26.7 Å². The van der Waals surface area contributed by atoms with Crippen LogP contribution in [0.3, 0.4) is 0 Å². The third kappa shape index (κ3) is 3.49. The van der Waals surface area contributed by atoms with Gasteiger partial charge < -0.3 is 4.52 Å². The minimum absolute atomic E-state index is 0.0956. The van der Waals surface area contributed by atoms with Gasteiger partial charge in [0.05, 0.1) is 0 Å². The predicted octanol–water partition coefficient (Wildman–Crippen LogP) is 1.26. The van der Waals surface area contributed by atoms with Crippen molar-refractivity contribution >= 4 is 17.7 Å². The molecule has 4 aromatic heterocycles. The maximum atomic E-state index is 12.2. The molecule has 0 aliphatic rings. The van der Waals surface area contributed by atoms with Crippen LogP contribution in [0.15, 0.2) is 35.4 Å². The summed E-state index contributed by atoms with van der Waals surface area (Å²) in [5.74, 6) is 0.727. The van der Waals surface area contributed by atoms with Gasteiger partial charge in [0.15, 0.2) is 0 Å². The van der Waals surface area contributed by atoms with Crippen LogP contribution in [0.4, 0.5) is 6.01 Å². The summed E-state index contributed by atoms with van der Waals surface area (Å²) in [7, 11) is 0. The molecule has 0 atom stereocenters. The molecule has 1 amide bonds. The van der Waals surface area contributed by atoms with Gasteiger partial charge in [-0.3, -0.25) is 15.2 Å². The molecular weight excluding hydrogens is 362 g/mol. The summed E-state index contributed by atoms with van der Waals surface area (Å²) in [6, 6.07) is 3.62. The Morgan fingerprint density at radius 1 is 1.21 bits per heavy atom. The van der Waals surface area contributed by atoms with Crippen LogP contribution in [0.1, 0.15) is 23.4 Å². The number of nitrogens with zero attached hydrogens (tertiary/aromatic N) is 7. The SMILES string of the molecule is Cc1nc2ncnn2c(C)c1CCC(=O)NNc1nc(-c2ccncc2)no1. The second kappa shape index (κ2) is 7.39. The van der Waals surface area contributed by atoms with E-state index in [1.165, 1.54) is 6.33 Å². The standard InChI is InChI=1S/C17H17N9O2/c1-10-13(11(2)26-16(21-10)19-9-20-26)3-4-14(27)23-24-17-22-15(25-28-17)12-5-7-18-8-6-12/h5-9H,3-4H2,1-2H3,(H,23,27)(H,22,24,25). The highest BCUT2D eigenvalue weighted by molar-refractivity contribution is 5.77. The van der Waals surface area contributed by atoms with Gasteiger partial charge in [0, 0.05) is 35.8 Å². The van der Waals surface area contributed by atoms with Crippen LogP contribution in [-0.4, -0.2) is 40.6 Å². The molecule has 142 valence electrons. The zero-order valence-electron chi connectivity index (χ0n) is 15.2. The highest BCUT2D eigenvalue weighted by Crippen LogP contribution is 2.16. The van der Waals surface area contributed by atoms with Crippen LogP contribution >= 0.6 is 0 Å². The average Bonchev–Trinajstić information content (AvgIpc) is 3.36. The first-order chi connectivity index (χ1) is 13.6. The van der Waals surface area contributed by atoms with Crippen molar-refractivity contribution in [3.05, 3.63) is 47.8 Å². The molecule has 4 aromatic rings. The summed E-state index contributed by atoms with van der Waals surface area (Å²) in [6.45, 7) is 3.83. The van der Waals surface area contributed by atoms with Crippen LogP contribution in [0.2, 0.25) is 0 Å². The molecule has 2 N–H and O–H groups in total. The molecule has 11 heteroatoms. The lowest BCUT2D eigenvalue weighted by Crippen LogP contribution is -2.29. The van der Waals surface area contributed by atoms with Gasteiger partial charge in [-0.25, -0.2) is 14.9 Å². The maximum absolute atomic E-state index is 12.2. The van der Waals surface area contributed by atoms with Crippen molar-refractivity contribution in [3.63, 3.8) is 0 Å². The van der Waals surface area contributed by atoms with E-state index in [-0.39, 0.29) is 18.3 Å². The molecule has 4 rings (SSSR count). The van der Waals surface area contributed by atoms with E-state index in [4.69, 9.17) is 4.52 Å². The van der Waals surface area contributed by atoms with Crippen molar-refractivity contribution in [2.75, 3.05) is 5.43 Å². The maximum Gasteiger partial charge on any atom is 0.340 e. The molecule has 0 radical (unpaired) electrons. The van der Waals surface area contributed by atoms with Crippen LogP contribution in [0.25, 0.3) is 17.2 Å². The number of aryl methyl sites for hydroxylation is 2. The molecule has 0 aromatic carbocycles. The highest BCUT2D eigenvalue weighted by Gasteiger charge is 2.13. The van der Waals surface area contributed by atoms with Gasteiger partial charge in [-0.2, -0.15) is 15.1 Å². The lowest BCUT2D eigenvalue weighted by atomic mass is 10.1. The molecule has 28 heavy (non-hydrogen) atoms. The van der Waals surface area contributed by atoms with Crippen LogP contribution in [-0.2, 0) is 11.2 Å². The van der Waals surface area contributed by atoms with Gasteiger partial charge in [-0.05, 0) is 38.0 Å². The van der Waals surface area contributed by atoms with E-state index in [1.54, 1.807) is 29.0 Å². The zero-order valence-corrected chi connectivity index (χ0v) is 15.2. The monoisotopic (exact) mass is 379 g/mol.